The highest BCUT2D eigenvalue weighted by Gasteiger charge is 2.31. The number of alkyl halides is 3. The van der Waals surface area contributed by atoms with Gasteiger partial charge in [-0.15, -0.1) is 0 Å². The summed E-state index contributed by atoms with van der Waals surface area (Å²) in [6, 6.07) is 5.07. The molecule has 1 aliphatic carbocycles. The van der Waals surface area contributed by atoms with E-state index in [4.69, 9.17) is 0 Å². The van der Waals surface area contributed by atoms with Gasteiger partial charge in [-0.25, -0.2) is 0 Å². The fraction of sp³-hybridized carbons (Fsp3) is 0.579. The minimum Gasteiger partial charge on any atom is -0.352 e. The predicted molar refractivity (Wildman–Crippen MR) is 96.2 cm³/mol. The van der Waals surface area contributed by atoms with Gasteiger partial charge in [-0.1, -0.05) is 19.9 Å². The average Bonchev–Trinajstić information content (AvgIpc) is 2.60. The van der Waals surface area contributed by atoms with Crippen LogP contribution in [-0.4, -0.2) is 36.5 Å². The van der Waals surface area contributed by atoms with E-state index in [1.54, 1.807) is 0 Å². The summed E-state index contributed by atoms with van der Waals surface area (Å²) in [6.07, 6.45) is -0.855. The Bertz CT molecular complexity index is 654. The van der Waals surface area contributed by atoms with Crippen LogP contribution in [0.3, 0.4) is 0 Å². The van der Waals surface area contributed by atoms with E-state index in [-0.39, 0.29) is 24.1 Å². The molecular weight excluding hydrogens is 359 g/mol. The zero-order valence-corrected chi connectivity index (χ0v) is 15.5. The van der Waals surface area contributed by atoms with Gasteiger partial charge < -0.3 is 16.0 Å². The summed E-state index contributed by atoms with van der Waals surface area (Å²) in [5.74, 6) is -1.04. The molecule has 0 aromatic heterocycles. The van der Waals surface area contributed by atoms with Crippen molar-refractivity contribution >= 4 is 11.8 Å². The lowest BCUT2D eigenvalue weighted by atomic mass is 9.91. The molecule has 0 bridgehead atoms. The van der Waals surface area contributed by atoms with Crippen LogP contribution in [0.1, 0.15) is 55.5 Å². The average molecular weight is 385 g/mol. The van der Waals surface area contributed by atoms with Crippen LogP contribution in [0, 0.1) is 0 Å². The third-order valence-corrected chi connectivity index (χ3v) is 4.52. The lowest BCUT2D eigenvalue weighted by Gasteiger charge is -2.31. The topological polar surface area (TPSA) is 70.2 Å². The highest BCUT2D eigenvalue weighted by Crippen LogP contribution is 2.29. The third kappa shape index (κ3) is 6.86. The number of amides is 2. The van der Waals surface area contributed by atoms with Crippen LogP contribution in [0.4, 0.5) is 13.2 Å². The van der Waals surface area contributed by atoms with E-state index in [9.17, 15) is 22.8 Å². The molecule has 2 rings (SSSR count). The normalized spacial score (nSPS) is 20.4. The minimum atomic E-state index is -4.52. The molecule has 3 N–H and O–H groups in total. The SMILES string of the molecule is CC(C)NC1CCC(NC(=O)CNC(=O)c2cccc(C(F)(F)F)c2)CC1. The molecule has 1 fully saturated rings. The standard InChI is InChI=1S/C19H26F3N3O2/c1-12(2)24-15-6-8-16(9-7-15)25-17(26)11-23-18(27)13-4-3-5-14(10-13)19(20,21)22/h3-5,10,12,15-16,24H,6-9,11H2,1-2H3,(H,23,27)(H,25,26). The van der Waals surface area contributed by atoms with E-state index in [1.807, 2.05) is 0 Å². The molecule has 2 amide bonds. The van der Waals surface area contributed by atoms with Crippen molar-refractivity contribution < 1.29 is 22.8 Å². The first kappa shape index (κ1) is 21.2. The van der Waals surface area contributed by atoms with E-state index < -0.39 is 17.6 Å². The van der Waals surface area contributed by atoms with Crippen molar-refractivity contribution in [3.63, 3.8) is 0 Å². The number of hydrogen-bond acceptors (Lipinski definition) is 3. The molecule has 27 heavy (non-hydrogen) atoms. The molecule has 1 aromatic rings. The van der Waals surface area contributed by atoms with Gasteiger partial charge in [0, 0.05) is 23.7 Å². The molecule has 0 aliphatic heterocycles. The lowest BCUT2D eigenvalue weighted by Crippen LogP contribution is -2.46. The van der Waals surface area contributed by atoms with E-state index in [1.165, 1.54) is 12.1 Å². The molecule has 5 nitrogen and oxygen atoms in total. The molecule has 0 spiro atoms. The van der Waals surface area contributed by atoms with Gasteiger partial charge in [0.1, 0.15) is 0 Å². The molecule has 0 radical (unpaired) electrons. The first-order valence-corrected chi connectivity index (χ1v) is 9.16. The van der Waals surface area contributed by atoms with Crippen molar-refractivity contribution in [2.45, 2.75) is 63.8 Å². The Labute approximate surface area is 157 Å². The number of halogens is 3. The van der Waals surface area contributed by atoms with Gasteiger partial charge in [0.05, 0.1) is 12.1 Å². The maximum Gasteiger partial charge on any atom is 0.416 e. The summed E-state index contributed by atoms with van der Waals surface area (Å²) in [7, 11) is 0. The highest BCUT2D eigenvalue weighted by molar-refractivity contribution is 5.96. The summed E-state index contributed by atoms with van der Waals surface area (Å²) in [5, 5.41) is 8.72. The van der Waals surface area contributed by atoms with Gasteiger partial charge in [-0.05, 0) is 43.9 Å². The smallest absolute Gasteiger partial charge is 0.352 e. The molecule has 0 atom stereocenters. The number of hydrogen-bond donors (Lipinski definition) is 3. The molecule has 0 saturated heterocycles. The summed E-state index contributed by atoms with van der Waals surface area (Å²) in [5.41, 5.74) is -1.02. The van der Waals surface area contributed by atoms with Gasteiger partial charge in [0.25, 0.3) is 5.91 Å². The Kier molecular flexibility index (Phi) is 7.24. The second-order valence-electron chi connectivity index (χ2n) is 7.20. The number of benzene rings is 1. The largest absolute Gasteiger partial charge is 0.416 e. The van der Waals surface area contributed by atoms with E-state index in [2.05, 4.69) is 29.8 Å². The van der Waals surface area contributed by atoms with E-state index in [0.717, 1.165) is 37.8 Å². The zero-order chi connectivity index (χ0) is 20.0. The van der Waals surface area contributed by atoms with E-state index >= 15 is 0 Å². The van der Waals surface area contributed by atoms with Gasteiger partial charge in [0.2, 0.25) is 5.91 Å². The maximum absolute atomic E-state index is 12.7. The molecule has 1 saturated carbocycles. The predicted octanol–water partition coefficient (Wildman–Crippen LogP) is 2.86. The Morgan fingerprint density at radius 1 is 1.11 bits per heavy atom. The monoisotopic (exact) mass is 385 g/mol. The van der Waals surface area contributed by atoms with Crippen LogP contribution < -0.4 is 16.0 Å². The van der Waals surface area contributed by atoms with E-state index in [0.29, 0.717) is 12.1 Å². The molecule has 1 aromatic carbocycles. The Morgan fingerprint density at radius 2 is 1.74 bits per heavy atom. The first-order valence-electron chi connectivity index (χ1n) is 9.16. The van der Waals surface area contributed by atoms with Crippen LogP contribution in [0.5, 0.6) is 0 Å². The van der Waals surface area contributed by atoms with Gasteiger partial charge in [0.15, 0.2) is 0 Å². The second kappa shape index (κ2) is 9.21. The molecule has 0 heterocycles. The van der Waals surface area contributed by atoms with Gasteiger partial charge in [-0.3, -0.25) is 9.59 Å². The molecule has 1 aliphatic rings. The Balaban J connectivity index is 1.77. The van der Waals surface area contributed by atoms with Crippen LogP contribution in [0.2, 0.25) is 0 Å². The summed E-state index contributed by atoms with van der Waals surface area (Å²) in [6.45, 7) is 3.93. The minimum absolute atomic E-state index is 0.0631. The molecular formula is C19H26F3N3O2. The molecule has 0 unspecified atom stereocenters. The third-order valence-electron chi connectivity index (χ3n) is 4.52. The fourth-order valence-electron chi connectivity index (χ4n) is 3.25. The van der Waals surface area contributed by atoms with Crippen LogP contribution in [-0.2, 0) is 11.0 Å². The summed E-state index contributed by atoms with van der Waals surface area (Å²) in [4.78, 5) is 24.0. The Hall–Kier alpha value is -2.09. The number of nitrogens with one attached hydrogen (secondary N) is 3. The van der Waals surface area contributed by atoms with Crippen molar-refractivity contribution in [1.82, 2.24) is 16.0 Å². The van der Waals surface area contributed by atoms with Gasteiger partial charge >= 0.3 is 6.18 Å². The van der Waals surface area contributed by atoms with Crippen LogP contribution >= 0.6 is 0 Å². The highest BCUT2D eigenvalue weighted by atomic mass is 19.4. The van der Waals surface area contributed by atoms with Crippen LogP contribution in [0.25, 0.3) is 0 Å². The number of rotatable bonds is 6. The first-order chi connectivity index (χ1) is 12.6. The maximum atomic E-state index is 12.7. The van der Waals surface area contributed by atoms with Crippen LogP contribution in [0.15, 0.2) is 24.3 Å². The number of carbonyl (C=O) groups is 2. The molecule has 8 heteroatoms. The summed E-state index contributed by atoms with van der Waals surface area (Å²) >= 11 is 0. The Morgan fingerprint density at radius 3 is 2.33 bits per heavy atom. The quantitative estimate of drug-likeness (QED) is 0.705. The fourth-order valence-corrected chi connectivity index (χ4v) is 3.25. The second-order valence-corrected chi connectivity index (χ2v) is 7.20. The lowest BCUT2D eigenvalue weighted by molar-refractivity contribution is -0.137. The van der Waals surface area contributed by atoms with Crippen molar-refractivity contribution in [1.29, 1.82) is 0 Å². The summed E-state index contributed by atoms with van der Waals surface area (Å²) < 4.78 is 38.1. The number of carbonyl (C=O) groups excluding carboxylic acids is 2. The van der Waals surface area contributed by atoms with Crippen molar-refractivity contribution in [2.24, 2.45) is 0 Å². The van der Waals surface area contributed by atoms with Gasteiger partial charge in [-0.2, -0.15) is 13.2 Å². The zero-order valence-electron chi connectivity index (χ0n) is 15.5. The van der Waals surface area contributed by atoms with Crippen molar-refractivity contribution in [2.75, 3.05) is 6.54 Å². The van der Waals surface area contributed by atoms with Crippen molar-refractivity contribution in [3.8, 4) is 0 Å². The molecule has 150 valence electrons. The van der Waals surface area contributed by atoms with Crippen molar-refractivity contribution in [3.05, 3.63) is 35.4 Å².